The molecule has 0 saturated carbocycles. The number of rotatable bonds is 2. The molecule has 13 heavy (non-hydrogen) atoms. The first-order valence-corrected chi connectivity index (χ1v) is 4.57. The van der Waals surface area contributed by atoms with Gasteiger partial charge in [0.05, 0.1) is 18.4 Å². The molecule has 3 heteroatoms. The maximum Gasteiger partial charge on any atom is 0.0995 e. The standard InChI is InChI=1S/C10H13NO2/c12-7-8-3-4-9(11-6-8)10-2-1-5-13-10/h3-4,6,10,12H,1-2,5,7H2. The minimum atomic E-state index is 0.0544. The van der Waals surface area contributed by atoms with Gasteiger partial charge in [0.1, 0.15) is 0 Å². The van der Waals surface area contributed by atoms with Crippen molar-refractivity contribution in [3.05, 3.63) is 29.6 Å². The minimum Gasteiger partial charge on any atom is -0.392 e. The van der Waals surface area contributed by atoms with Gasteiger partial charge in [0.15, 0.2) is 0 Å². The summed E-state index contributed by atoms with van der Waals surface area (Å²) >= 11 is 0. The maximum absolute atomic E-state index is 8.82. The molecule has 0 aliphatic carbocycles. The van der Waals surface area contributed by atoms with Gasteiger partial charge >= 0.3 is 0 Å². The quantitative estimate of drug-likeness (QED) is 0.746. The summed E-state index contributed by atoms with van der Waals surface area (Å²) in [4.78, 5) is 4.25. The van der Waals surface area contributed by atoms with Crippen LogP contribution in [-0.4, -0.2) is 16.7 Å². The van der Waals surface area contributed by atoms with Crippen molar-refractivity contribution < 1.29 is 9.84 Å². The fourth-order valence-corrected chi connectivity index (χ4v) is 1.53. The second-order valence-corrected chi connectivity index (χ2v) is 3.25. The van der Waals surface area contributed by atoms with Gasteiger partial charge < -0.3 is 9.84 Å². The fraction of sp³-hybridized carbons (Fsp3) is 0.500. The maximum atomic E-state index is 8.82. The van der Waals surface area contributed by atoms with Gasteiger partial charge in [0.2, 0.25) is 0 Å². The third kappa shape index (κ3) is 1.87. The van der Waals surface area contributed by atoms with E-state index in [2.05, 4.69) is 4.98 Å². The Labute approximate surface area is 77.4 Å². The molecule has 3 nitrogen and oxygen atoms in total. The zero-order valence-electron chi connectivity index (χ0n) is 7.44. The molecule has 0 aromatic carbocycles. The Morgan fingerprint density at radius 2 is 2.46 bits per heavy atom. The first-order valence-electron chi connectivity index (χ1n) is 4.57. The van der Waals surface area contributed by atoms with Gasteiger partial charge in [-0.1, -0.05) is 6.07 Å². The van der Waals surface area contributed by atoms with E-state index < -0.39 is 0 Å². The van der Waals surface area contributed by atoms with Crippen LogP contribution in [0.5, 0.6) is 0 Å². The Balaban J connectivity index is 2.12. The Morgan fingerprint density at radius 3 is 3.00 bits per heavy atom. The van der Waals surface area contributed by atoms with Crippen molar-refractivity contribution in [3.63, 3.8) is 0 Å². The van der Waals surface area contributed by atoms with Crippen molar-refractivity contribution >= 4 is 0 Å². The number of ether oxygens (including phenoxy) is 1. The van der Waals surface area contributed by atoms with Crippen LogP contribution in [0.4, 0.5) is 0 Å². The topological polar surface area (TPSA) is 42.4 Å². The highest BCUT2D eigenvalue weighted by Gasteiger charge is 2.18. The summed E-state index contributed by atoms with van der Waals surface area (Å²) in [6.07, 6.45) is 4.06. The van der Waals surface area contributed by atoms with E-state index in [1.54, 1.807) is 6.20 Å². The zero-order valence-corrected chi connectivity index (χ0v) is 7.44. The lowest BCUT2D eigenvalue weighted by Gasteiger charge is -2.08. The molecular weight excluding hydrogens is 166 g/mol. The van der Waals surface area contributed by atoms with Crippen LogP contribution in [0.15, 0.2) is 18.3 Å². The Hall–Kier alpha value is -0.930. The van der Waals surface area contributed by atoms with Crippen LogP contribution >= 0.6 is 0 Å². The van der Waals surface area contributed by atoms with E-state index in [9.17, 15) is 0 Å². The molecule has 0 amide bonds. The van der Waals surface area contributed by atoms with Gasteiger partial charge in [-0.05, 0) is 24.5 Å². The van der Waals surface area contributed by atoms with Crippen LogP contribution in [0.2, 0.25) is 0 Å². The van der Waals surface area contributed by atoms with Crippen molar-refractivity contribution in [3.8, 4) is 0 Å². The lowest BCUT2D eigenvalue weighted by Crippen LogP contribution is -1.99. The van der Waals surface area contributed by atoms with E-state index in [1.807, 2.05) is 12.1 Å². The average Bonchev–Trinajstić information content (AvgIpc) is 2.71. The first-order chi connectivity index (χ1) is 6.40. The smallest absolute Gasteiger partial charge is 0.0995 e. The van der Waals surface area contributed by atoms with Crippen LogP contribution < -0.4 is 0 Å². The van der Waals surface area contributed by atoms with Crippen molar-refractivity contribution in [2.24, 2.45) is 0 Å². The van der Waals surface area contributed by atoms with Crippen LogP contribution in [-0.2, 0) is 11.3 Å². The summed E-state index contributed by atoms with van der Waals surface area (Å²) in [5.74, 6) is 0. The summed E-state index contributed by atoms with van der Waals surface area (Å²) in [7, 11) is 0. The molecule has 2 rings (SSSR count). The number of hydrogen-bond acceptors (Lipinski definition) is 3. The molecule has 1 aromatic heterocycles. The number of hydrogen-bond donors (Lipinski definition) is 1. The van der Waals surface area contributed by atoms with E-state index >= 15 is 0 Å². The Morgan fingerprint density at radius 1 is 1.54 bits per heavy atom. The lowest BCUT2D eigenvalue weighted by molar-refractivity contribution is 0.108. The van der Waals surface area contributed by atoms with Gasteiger partial charge in [-0.3, -0.25) is 4.98 Å². The normalized spacial score (nSPS) is 22.1. The van der Waals surface area contributed by atoms with Crippen molar-refractivity contribution in [1.82, 2.24) is 4.98 Å². The molecule has 1 fully saturated rings. The first kappa shape index (κ1) is 8.66. The summed E-state index contributed by atoms with van der Waals surface area (Å²) in [6.45, 7) is 0.896. The van der Waals surface area contributed by atoms with Gasteiger partial charge in [-0.15, -0.1) is 0 Å². The van der Waals surface area contributed by atoms with Gasteiger partial charge in [0, 0.05) is 12.8 Å². The monoisotopic (exact) mass is 179 g/mol. The summed E-state index contributed by atoms with van der Waals surface area (Å²) in [6, 6.07) is 3.82. The average molecular weight is 179 g/mol. The number of aliphatic hydroxyl groups is 1. The molecular formula is C10H13NO2. The van der Waals surface area contributed by atoms with Crippen LogP contribution in [0.3, 0.4) is 0 Å². The van der Waals surface area contributed by atoms with E-state index in [0.29, 0.717) is 0 Å². The Bertz CT molecular complexity index is 265. The molecule has 1 N–H and O–H groups in total. The molecule has 70 valence electrons. The van der Waals surface area contributed by atoms with Crippen molar-refractivity contribution in [2.75, 3.05) is 6.61 Å². The van der Waals surface area contributed by atoms with E-state index in [4.69, 9.17) is 9.84 Å². The molecule has 2 heterocycles. The van der Waals surface area contributed by atoms with Crippen LogP contribution in [0, 0.1) is 0 Å². The highest BCUT2D eigenvalue weighted by Crippen LogP contribution is 2.26. The van der Waals surface area contributed by atoms with Crippen molar-refractivity contribution in [2.45, 2.75) is 25.6 Å². The SMILES string of the molecule is OCc1ccc(C2CCCO2)nc1. The van der Waals surface area contributed by atoms with Gasteiger partial charge in [0.25, 0.3) is 0 Å². The third-order valence-corrected chi connectivity index (χ3v) is 2.29. The highest BCUT2D eigenvalue weighted by atomic mass is 16.5. The highest BCUT2D eigenvalue weighted by molar-refractivity contribution is 5.15. The molecule has 1 saturated heterocycles. The Kier molecular flexibility index (Phi) is 2.57. The third-order valence-electron chi connectivity index (χ3n) is 2.29. The molecule has 0 bridgehead atoms. The molecule has 1 atom stereocenters. The zero-order chi connectivity index (χ0) is 9.10. The van der Waals surface area contributed by atoms with Gasteiger partial charge in [-0.2, -0.15) is 0 Å². The summed E-state index contributed by atoms with van der Waals surface area (Å²) in [5.41, 5.74) is 1.83. The molecule has 1 aromatic rings. The second-order valence-electron chi connectivity index (χ2n) is 3.25. The van der Waals surface area contributed by atoms with Crippen LogP contribution in [0.1, 0.15) is 30.2 Å². The number of nitrogens with zero attached hydrogens (tertiary/aromatic N) is 1. The van der Waals surface area contributed by atoms with E-state index in [-0.39, 0.29) is 12.7 Å². The van der Waals surface area contributed by atoms with E-state index in [1.165, 1.54) is 0 Å². The predicted molar refractivity (Wildman–Crippen MR) is 48.1 cm³/mol. The van der Waals surface area contributed by atoms with Gasteiger partial charge in [-0.25, -0.2) is 0 Å². The largest absolute Gasteiger partial charge is 0.392 e. The van der Waals surface area contributed by atoms with Crippen LogP contribution in [0.25, 0.3) is 0 Å². The molecule has 1 unspecified atom stereocenters. The predicted octanol–water partition coefficient (Wildman–Crippen LogP) is 1.43. The molecule has 0 spiro atoms. The second kappa shape index (κ2) is 3.85. The lowest BCUT2D eigenvalue weighted by atomic mass is 10.1. The molecule has 0 radical (unpaired) electrons. The number of pyridine rings is 1. The molecule has 1 aliphatic heterocycles. The number of aliphatic hydroxyl groups excluding tert-OH is 1. The van der Waals surface area contributed by atoms with Crippen molar-refractivity contribution in [1.29, 1.82) is 0 Å². The summed E-state index contributed by atoms with van der Waals surface area (Å²) < 4.78 is 5.49. The minimum absolute atomic E-state index is 0.0544. The summed E-state index contributed by atoms with van der Waals surface area (Å²) in [5, 5.41) is 8.82. The fourth-order valence-electron chi connectivity index (χ4n) is 1.53. The number of aromatic nitrogens is 1. The molecule has 1 aliphatic rings. The van der Waals surface area contributed by atoms with E-state index in [0.717, 1.165) is 30.7 Å².